The molecule has 2 atom stereocenters. The quantitative estimate of drug-likeness (QED) is 0.429. The lowest BCUT2D eigenvalue weighted by Gasteiger charge is -2.42. The van der Waals surface area contributed by atoms with Crippen molar-refractivity contribution in [2.24, 2.45) is 4.99 Å². The van der Waals surface area contributed by atoms with Crippen LogP contribution in [0.4, 0.5) is 4.39 Å². The summed E-state index contributed by atoms with van der Waals surface area (Å²) in [6.45, 7) is 0.147. The van der Waals surface area contributed by atoms with Gasteiger partial charge in [0.1, 0.15) is 11.7 Å². The van der Waals surface area contributed by atoms with Crippen molar-refractivity contribution in [3.8, 4) is 0 Å². The zero-order chi connectivity index (χ0) is 27.4. The molecule has 198 valence electrons. The molecule has 4 rings (SSSR count). The number of carbonyl (C=O) groups is 5. The highest BCUT2D eigenvalue weighted by atomic mass is 19.1. The monoisotopic (exact) mass is 522 g/mol. The lowest BCUT2D eigenvalue weighted by molar-refractivity contribution is -0.152. The summed E-state index contributed by atoms with van der Waals surface area (Å²) in [4.78, 5) is 76.9. The fourth-order valence-corrected chi connectivity index (χ4v) is 4.33. The Morgan fingerprint density at radius 2 is 1.82 bits per heavy atom. The first kappa shape index (κ1) is 26.6. The van der Waals surface area contributed by atoms with Crippen molar-refractivity contribution in [1.82, 2.24) is 25.0 Å². The van der Waals surface area contributed by atoms with E-state index in [0.717, 1.165) is 4.90 Å². The highest BCUT2D eigenvalue weighted by molar-refractivity contribution is 6.46. The summed E-state index contributed by atoms with van der Waals surface area (Å²) in [7, 11) is 2.91. The molecule has 38 heavy (non-hydrogen) atoms. The minimum Gasteiger partial charge on any atom is -0.350 e. The molecule has 0 saturated carbocycles. The number of likely N-dealkylation sites (N-methyl/N-ethyl adjacent to an activating group) is 1. The van der Waals surface area contributed by atoms with Gasteiger partial charge in [-0.05, 0) is 42.7 Å². The molecular weight excluding hydrogens is 495 g/mol. The van der Waals surface area contributed by atoms with Crippen LogP contribution in [0.5, 0.6) is 0 Å². The maximum atomic E-state index is 13.3. The standard InChI is InChI=1S/C26H27FN6O5/c1-31(2)25(37)26(38)33(15-18-6-3-4-12-28-18)19-7-5-13-32-22(19)30-20(21(34)24(32)36)23(35)29-14-16-8-10-17(27)11-9-16/h3-4,6,8-12,19-20H,5,7,13-15H2,1-2H3,(H,29,35). The smallest absolute Gasteiger partial charge is 0.313 e. The SMILES string of the molecule is CN(C)C(=O)C(=O)N(Cc1ccccn1)C1CCCN2C(=O)C(=O)C(C(=O)NCc3ccc(F)cc3)N=C12. The molecule has 0 radical (unpaired) electrons. The highest BCUT2D eigenvalue weighted by Gasteiger charge is 2.47. The lowest BCUT2D eigenvalue weighted by Crippen LogP contribution is -2.62. The van der Waals surface area contributed by atoms with Crippen molar-refractivity contribution < 1.29 is 28.4 Å². The van der Waals surface area contributed by atoms with Gasteiger partial charge in [-0.1, -0.05) is 18.2 Å². The van der Waals surface area contributed by atoms with Crippen LogP contribution in [0.3, 0.4) is 0 Å². The van der Waals surface area contributed by atoms with Crippen LogP contribution in [-0.2, 0) is 37.1 Å². The number of amides is 4. The predicted molar refractivity (Wildman–Crippen MR) is 133 cm³/mol. The first-order valence-electron chi connectivity index (χ1n) is 12.0. The van der Waals surface area contributed by atoms with Crippen LogP contribution in [0.2, 0.25) is 0 Å². The Bertz CT molecular complexity index is 1280. The Balaban J connectivity index is 1.65. The van der Waals surface area contributed by atoms with Gasteiger partial charge < -0.3 is 15.1 Å². The molecular formula is C26H27FN6O5. The number of benzene rings is 1. The zero-order valence-electron chi connectivity index (χ0n) is 21.0. The third kappa shape index (κ3) is 5.58. The van der Waals surface area contributed by atoms with Gasteiger partial charge in [-0.25, -0.2) is 9.38 Å². The van der Waals surface area contributed by atoms with Gasteiger partial charge in [0.2, 0.25) is 0 Å². The van der Waals surface area contributed by atoms with Crippen molar-refractivity contribution in [3.05, 3.63) is 65.7 Å². The fourth-order valence-electron chi connectivity index (χ4n) is 4.33. The molecule has 2 aliphatic heterocycles. The van der Waals surface area contributed by atoms with Crippen molar-refractivity contribution in [2.45, 2.75) is 38.0 Å². The number of nitrogens with one attached hydrogen (secondary N) is 1. The van der Waals surface area contributed by atoms with Crippen LogP contribution < -0.4 is 5.32 Å². The van der Waals surface area contributed by atoms with Gasteiger partial charge >= 0.3 is 11.8 Å². The second kappa shape index (κ2) is 11.3. The van der Waals surface area contributed by atoms with Crippen LogP contribution >= 0.6 is 0 Å². The normalized spacial score (nSPS) is 18.8. The Morgan fingerprint density at radius 3 is 2.47 bits per heavy atom. The van der Waals surface area contributed by atoms with Crippen molar-refractivity contribution in [1.29, 1.82) is 0 Å². The van der Waals surface area contributed by atoms with Crippen LogP contribution in [0.25, 0.3) is 0 Å². The van der Waals surface area contributed by atoms with E-state index >= 15 is 0 Å². The number of Topliss-reactive ketones (excluding diaryl/α,β-unsaturated/α-hetero) is 1. The number of halogens is 1. The molecule has 12 heteroatoms. The number of aromatic nitrogens is 1. The van der Waals surface area contributed by atoms with Crippen molar-refractivity contribution in [2.75, 3.05) is 20.6 Å². The number of amidine groups is 1. The molecule has 1 aromatic heterocycles. The predicted octanol–water partition coefficient (Wildman–Crippen LogP) is 0.295. The number of rotatable bonds is 6. The first-order chi connectivity index (χ1) is 18.2. The number of piperidine rings is 1. The van der Waals surface area contributed by atoms with Gasteiger partial charge in [0.05, 0.1) is 18.3 Å². The van der Waals surface area contributed by atoms with Crippen molar-refractivity contribution in [3.63, 3.8) is 0 Å². The third-order valence-electron chi connectivity index (χ3n) is 6.31. The van der Waals surface area contributed by atoms with Crippen LogP contribution in [-0.4, -0.2) is 87.7 Å². The summed E-state index contributed by atoms with van der Waals surface area (Å²) in [6.07, 6.45) is 2.37. The third-order valence-corrected chi connectivity index (χ3v) is 6.31. The molecule has 3 heterocycles. The number of carbonyl (C=O) groups excluding carboxylic acids is 5. The molecule has 11 nitrogen and oxygen atoms in total. The summed E-state index contributed by atoms with van der Waals surface area (Å²) in [5.74, 6) is -4.62. The van der Waals surface area contributed by atoms with E-state index in [-0.39, 0.29) is 25.5 Å². The first-order valence-corrected chi connectivity index (χ1v) is 12.0. The number of hydrogen-bond acceptors (Lipinski definition) is 7. The maximum absolute atomic E-state index is 13.3. The average Bonchev–Trinajstić information content (AvgIpc) is 2.92. The van der Waals surface area contributed by atoms with Gasteiger partial charge in [0, 0.05) is 33.4 Å². The van der Waals surface area contributed by atoms with E-state index in [1.807, 2.05) is 0 Å². The Hall–Kier alpha value is -4.48. The second-order valence-corrected chi connectivity index (χ2v) is 9.17. The number of hydrogen-bond donors (Lipinski definition) is 1. The summed E-state index contributed by atoms with van der Waals surface area (Å²) in [6, 6.07) is 8.12. The van der Waals surface area contributed by atoms with Crippen LogP contribution in [0, 0.1) is 5.82 Å². The maximum Gasteiger partial charge on any atom is 0.313 e. The van der Waals surface area contributed by atoms with Gasteiger partial charge in [-0.3, -0.25) is 33.9 Å². The van der Waals surface area contributed by atoms with Gasteiger partial charge in [-0.2, -0.15) is 0 Å². The van der Waals surface area contributed by atoms with Crippen molar-refractivity contribution >= 4 is 35.2 Å². The molecule has 1 aromatic carbocycles. The summed E-state index contributed by atoms with van der Waals surface area (Å²) >= 11 is 0. The number of fused-ring (bicyclic) bond motifs is 1. The van der Waals surface area contributed by atoms with E-state index in [9.17, 15) is 28.4 Å². The molecule has 0 bridgehead atoms. The van der Waals surface area contributed by atoms with E-state index in [2.05, 4.69) is 15.3 Å². The minimum atomic E-state index is -1.65. The van der Waals surface area contributed by atoms with E-state index < -0.39 is 47.3 Å². The summed E-state index contributed by atoms with van der Waals surface area (Å²) in [5.41, 5.74) is 1.10. The Morgan fingerprint density at radius 1 is 1.08 bits per heavy atom. The molecule has 1 saturated heterocycles. The average molecular weight is 523 g/mol. The molecule has 2 aliphatic rings. The molecule has 2 unspecified atom stereocenters. The van der Waals surface area contributed by atoms with Crippen LogP contribution in [0.15, 0.2) is 53.7 Å². The molecule has 4 amide bonds. The Kier molecular flexibility index (Phi) is 7.89. The van der Waals surface area contributed by atoms with Gasteiger partial charge in [-0.15, -0.1) is 0 Å². The largest absolute Gasteiger partial charge is 0.350 e. The number of pyridine rings is 1. The van der Waals surface area contributed by atoms with E-state index in [1.54, 1.807) is 24.4 Å². The van der Waals surface area contributed by atoms with E-state index in [1.165, 1.54) is 48.2 Å². The number of ketones is 1. The molecule has 1 N–H and O–H groups in total. The van der Waals surface area contributed by atoms with Gasteiger partial charge in [0.15, 0.2) is 6.04 Å². The lowest BCUT2D eigenvalue weighted by atomic mass is 9.97. The molecule has 0 aliphatic carbocycles. The number of nitrogens with zero attached hydrogens (tertiary/aromatic N) is 5. The molecule has 2 aromatic rings. The van der Waals surface area contributed by atoms with E-state index in [4.69, 9.17) is 0 Å². The highest BCUT2D eigenvalue weighted by Crippen LogP contribution is 2.25. The summed E-state index contributed by atoms with van der Waals surface area (Å²) < 4.78 is 13.2. The number of aliphatic imine (C=N–C) groups is 1. The zero-order valence-corrected chi connectivity index (χ0v) is 21.0. The van der Waals surface area contributed by atoms with Gasteiger partial charge in [0.25, 0.3) is 17.6 Å². The Labute approximate surface area is 218 Å². The second-order valence-electron chi connectivity index (χ2n) is 9.17. The molecule has 0 spiro atoms. The minimum absolute atomic E-state index is 0.00327. The topological polar surface area (TPSA) is 132 Å². The fraction of sp³-hybridized carbons (Fsp3) is 0.346. The van der Waals surface area contributed by atoms with Crippen LogP contribution in [0.1, 0.15) is 24.1 Å². The summed E-state index contributed by atoms with van der Waals surface area (Å²) in [5, 5.41) is 2.56. The molecule has 1 fully saturated rings. The van der Waals surface area contributed by atoms with E-state index in [0.29, 0.717) is 24.1 Å².